The van der Waals surface area contributed by atoms with Crippen molar-refractivity contribution in [2.24, 2.45) is 5.41 Å². The first kappa shape index (κ1) is 12.0. The number of hydrogen-bond acceptors (Lipinski definition) is 1. The van der Waals surface area contributed by atoms with Gasteiger partial charge < -0.3 is 10.6 Å². The topological polar surface area (TPSA) is 45.5 Å². The molecule has 0 atom stereocenters. The monoisotopic (exact) mass is 255 g/mol. The molecule has 3 aliphatic rings. The lowest BCUT2D eigenvalue weighted by Gasteiger charge is -2.69. The number of hydrogen-bond donors (Lipinski definition) is 2. The molecule has 0 aromatic heterocycles. The van der Waals surface area contributed by atoms with Gasteiger partial charge in [0.2, 0.25) is 0 Å². The zero-order valence-electron chi connectivity index (χ0n) is 11.0. The van der Waals surface area contributed by atoms with Crippen LogP contribution in [0.15, 0.2) is 24.3 Å². The van der Waals surface area contributed by atoms with Gasteiger partial charge in [-0.2, -0.15) is 0 Å². The molecule has 1 aromatic rings. The van der Waals surface area contributed by atoms with Crippen molar-refractivity contribution >= 4 is 11.7 Å². The molecule has 4 nitrogen and oxygen atoms in total. The molecule has 4 rings (SSSR count). The second-order valence-corrected chi connectivity index (χ2v) is 6.21. The summed E-state index contributed by atoms with van der Waals surface area (Å²) in [5, 5.41) is 5.93. The summed E-state index contributed by atoms with van der Waals surface area (Å²) in [7, 11) is 0. The van der Waals surface area contributed by atoms with Crippen LogP contribution in [0.3, 0.4) is 0 Å². The van der Waals surface area contributed by atoms with Gasteiger partial charge in [0.15, 0.2) is 5.69 Å². The van der Waals surface area contributed by atoms with Gasteiger partial charge in [0, 0.05) is 12.1 Å². The van der Waals surface area contributed by atoms with Crippen LogP contribution in [0.1, 0.15) is 31.7 Å². The predicted octanol–water partition coefficient (Wildman–Crippen LogP) is 2.98. The molecule has 4 heteroatoms. The van der Waals surface area contributed by atoms with Crippen molar-refractivity contribution in [1.29, 1.82) is 0 Å². The standard InChI is InChI=1S/C15H17N3O/c1-14-8-15(9-14,10-14)18-13(19)17-7-11-4-3-5-12(6-11)16-2/h3-6H,7-10H2,1H3,(H2,17,18,19). The lowest BCUT2D eigenvalue weighted by Crippen LogP contribution is -2.74. The van der Waals surface area contributed by atoms with Gasteiger partial charge in [-0.05, 0) is 30.2 Å². The molecule has 19 heavy (non-hydrogen) atoms. The van der Waals surface area contributed by atoms with Crippen LogP contribution in [0.25, 0.3) is 4.85 Å². The highest BCUT2D eigenvalue weighted by atomic mass is 16.2. The van der Waals surface area contributed by atoms with E-state index in [-0.39, 0.29) is 11.6 Å². The van der Waals surface area contributed by atoms with Gasteiger partial charge in [-0.1, -0.05) is 31.2 Å². The Morgan fingerprint density at radius 3 is 2.79 bits per heavy atom. The van der Waals surface area contributed by atoms with Gasteiger partial charge in [0.05, 0.1) is 6.57 Å². The first-order valence-electron chi connectivity index (χ1n) is 6.55. The fourth-order valence-electron chi connectivity index (χ4n) is 3.63. The zero-order chi connectivity index (χ0) is 13.5. The second kappa shape index (κ2) is 3.99. The molecular weight excluding hydrogens is 238 g/mol. The number of rotatable bonds is 3. The highest BCUT2D eigenvalue weighted by Gasteiger charge is 2.65. The van der Waals surface area contributed by atoms with Gasteiger partial charge in [-0.25, -0.2) is 9.64 Å². The third kappa shape index (κ3) is 2.17. The van der Waals surface area contributed by atoms with Gasteiger partial charge in [0.25, 0.3) is 0 Å². The SMILES string of the molecule is [C-]#[N+]c1cccc(CNC(=O)NC23CC(C)(C2)C3)c1. The summed E-state index contributed by atoms with van der Waals surface area (Å²) in [6, 6.07) is 7.21. The molecule has 1 aromatic carbocycles. The maximum atomic E-state index is 11.8. The van der Waals surface area contributed by atoms with Crippen LogP contribution in [0.2, 0.25) is 0 Å². The smallest absolute Gasteiger partial charge is 0.315 e. The summed E-state index contributed by atoms with van der Waals surface area (Å²) in [5.41, 5.74) is 2.13. The predicted molar refractivity (Wildman–Crippen MR) is 72.8 cm³/mol. The maximum absolute atomic E-state index is 11.8. The minimum atomic E-state index is -0.102. The summed E-state index contributed by atoms with van der Waals surface area (Å²) in [5.74, 6) is 0. The molecule has 0 radical (unpaired) electrons. The van der Waals surface area contributed by atoms with Crippen molar-refractivity contribution < 1.29 is 4.79 Å². The minimum absolute atomic E-state index is 0.0805. The Labute approximate surface area is 113 Å². The van der Waals surface area contributed by atoms with Gasteiger partial charge >= 0.3 is 6.03 Å². The number of nitrogens with zero attached hydrogens (tertiary/aromatic N) is 1. The lowest BCUT2D eigenvalue weighted by molar-refractivity contribution is -0.131. The molecule has 0 heterocycles. The van der Waals surface area contributed by atoms with Crippen LogP contribution in [-0.4, -0.2) is 11.6 Å². The van der Waals surface area contributed by atoms with Crippen LogP contribution in [0, 0.1) is 12.0 Å². The fourth-order valence-corrected chi connectivity index (χ4v) is 3.63. The molecule has 0 spiro atoms. The highest BCUT2D eigenvalue weighted by Crippen LogP contribution is 2.66. The number of amides is 2. The van der Waals surface area contributed by atoms with Crippen LogP contribution in [0.4, 0.5) is 10.5 Å². The van der Waals surface area contributed by atoms with E-state index in [0.717, 1.165) is 24.8 Å². The summed E-state index contributed by atoms with van der Waals surface area (Å²) >= 11 is 0. The van der Waals surface area contributed by atoms with E-state index < -0.39 is 0 Å². The Morgan fingerprint density at radius 1 is 1.42 bits per heavy atom. The van der Waals surface area contributed by atoms with Crippen molar-refractivity contribution in [3.05, 3.63) is 41.2 Å². The normalized spacial score (nSPS) is 30.5. The summed E-state index contributed by atoms with van der Waals surface area (Å²) in [6.07, 6.45) is 3.34. The molecule has 0 aliphatic heterocycles. The molecule has 3 fully saturated rings. The van der Waals surface area contributed by atoms with Crippen LogP contribution < -0.4 is 10.6 Å². The van der Waals surface area contributed by atoms with Gasteiger partial charge in [-0.15, -0.1) is 0 Å². The second-order valence-electron chi connectivity index (χ2n) is 6.21. The van der Waals surface area contributed by atoms with Gasteiger partial charge in [-0.3, -0.25) is 0 Å². The molecule has 3 aliphatic carbocycles. The number of nitrogens with one attached hydrogen (secondary N) is 2. The third-order valence-electron chi connectivity index (χ3n) is 4.17. The van der Waals surface area contributed by atoms with E-state index >= 15 is 0 Å². The van der Waals surface area contributed by atoms with E-state index in [1.807, 2.05) is 12.1 Å². The summed E-state index contributed by atoms with van der Waals surface area (Å²) in [4.78, 5) is 15.2. The molecule has 2 amide bonds. The van der Waals surface area contributed by atoms with Gasteiger partial charge in [0.1, 0.15) is 0 Å². The van der Waals surface area contributed by atoms with E-state index in [2.05, 4.69) is 22.4 Å². The fraction of sp³-hybridized carbons (Fsp3) is 0.467. The largest absolute Gasteiger partial charge is 0.334 e. The van der Waals surface area contributed by atoms with Crippen molar-refractivity contribution in [2.45, 2.75) is 38.3 Å². The van der Waals surface area contributed by atoms with Crippen molar-refractivity contribution in [3.63, 3.8) is 0 Å². The average Bonchev–Trinajstić information content (AvgIpc) is 2.33. The summed E-state index contributed by atoms with van der Waals surface area (Å²) in [6.45, 7) is 9.69. The van der Waals surface area contributed by atoms with Crippen LogP contribution in [0.5, 0.6) is 0 Å². The Morgan fingerprint density at radius 2 is 2.16 bits per heavy atom. The molecule has 3 saturated carbocycles. The minimum Gasteiger partial charge on any atom is -0.334 e. The van der Waals surface area contributed by atoms with E-state index in [0.29, 0.717) is 17.6 Å². The molecule has 98 valence electrons. The molecule has 0 saturated heterocycles. The molecule has 0 unspecified atom stereocenters. The van der Waals surface area contributed by atoms with E-state index in [4.69, 9.17) is 6.57 Å². The molecule has 2 bridgehead atoms. The molecular formula is C15H17N3O. The third-order valence-corrected chi connectivity index (χ3v) is 4.17. The lowest BCUT2D eigenvalue weighted by atomic mass is 9.40. The Hall–Kier alpha value is -2.02. The van der Waals surface area contributed by atoms with Crippen molar-refractivity contribution in [3.8, 4) is 0 Å². The van der Waals surface area contributed by atoms with Crippen LogP contribution in [-0.2, 0) is 6.54 Å². The van der Waals surface area contributed by atoms with Crippen molar-refractivity contribution in [1.82, 2.24) is 10.6 Å². The first-order valence-corrected chi connectivity index (χ1v) is 6.55. The quantitative estimate of drug-likeness (QED) is 0.801. The van der Waals surface area contributed by atoms with E-state index in [1.54, 1.807) is 12.1 Å². The number of carbonyl (C=O) groups is 1. The Balaban J connectivity index is 1.49. The van der Waals surface area contributed by atoms with E-state index in [1.165, 1.54) is 0 Å². The first-order chi connectivity index (χ1) is 9.03. The molecule has 2 N–H and O–H groups in total. The highest BCUT2D eigenvalue weighted by molar-refractivity contribution is 5.75. The summed E-state index contributed by atoms with van der Waals surface area (Å²) < 4.78 is 0. The Kier molecular flexibility index (Phi) is 2.53. The zero-order valence-corrected chi connectivity index (χ0v) is 11.0. The average molecular weight is 255 g/mol. The van der Waals surface area contributed by atoms with Crippen molar-refractivity contribution in [2.75, 3.05) is 0 Å². The van der Waals surface area contributed by atoms with E-state index in [9.17, 15) is 4.79 Å². The maximum Gasteiger partial charge on any atom is 0.315 e. The number of carbonyl (C=O) groups excluding carboxylic acids is 1. The van der Waals surface area contributed by atoms with Crippen LogP contribution >= 0.6 is 0 Å². The Bertz CT molecular complexity index is 553. The number of urea groups is 1. The number of benzene rings is 1.